The molecule has 0 fully saturated rings. The second-order valence-electron chi connectivity index (χ2n) is 2.39. The third-order valence-electron chi connectivity index (χ3n) is 1.53. The van der Waals surface area contributed by atoms with Crippen molar-refractivity contribution in [1.82, 2.24) is 14.6 Å². The molecule has 0 radical (unpaired) electrons. The summed E-state index contributed by atoms with van der Waals surface area (Å²) in [6.45, 7) is 0. The number of hydrogen-bond acceptors (Lipinski definition) is 4. The SMILES string of the molecule is O=c1ccn2nc([N+](=O)[O-])cc2[nH]1. The quantitative estimate of drug-likeness (QED) is 0.491. The molecule has 0 saturated carbocycles. The van der Waals surface area contributed by atoms with Crippen LogP contribution in [0.25, 0.3) is 5.65 Å². The summed E-state index contributed by atoms with van der Waals surface area (Å²) in [7, 11) is 0. The first-order valence-electron chi connectivity index (χ1n) is 3.40. The molecule has 7 heteroatoms. The molecule has 2 aromatic rings. The molecule has 0 aliphatic rings. The lowest BCUT2D eigenvalue weighted by Gasteiger charge is -1.82. The normalized spacial score (nSPS) is 10.5. The highest BCUT2D eigenvalue weighted by atomic mass is 16.6. The average Bonchev–Trinajstić information content (AvgIpc) is 2.46. The number of aromatic nitrogens is 3. The molecular formula is C6H4N4O3. The standard InChI is InChI=1S/C6H4N4O3/c11-6-1-2-9-4(7-6)3-5(8-9)10(12)13/h1-3H,(H,7,11). The van der Waals surface area contributed by atoms with Gasteiger partial charge in [0.25, 0.3) is 5.56 Å². The molecule has 0 unspecified atom stereocenters. The van der Waals surface area contributed by atoms with E-state index in [1.807, 2.05) is 0 Å². The summed E-state index contributed by atoms with van der Waals surface area (Å²) >= 11 is 0. The second-order valence-corrected chi connectivity index (χ2v) is 2.39. The Hall–Kier alpha value is -2.18. The van der Waals surface area contributed by atoms with Gasteiger partial charge in [-0.2, -0.15) is 0 Å². The molecule has 0 aliphatic carbocycles. The van der Waals surface area contributed by atoms with Crippen molar-refractivity contribution in [3.8, 4) is 0 Å². The van der Waals surface area contributed by atoms with Crippen LogP contribution in [-0.4, -0.2) is 19.5 Å². The van der Waals surface area contributed by atoms with Crippen molar-refractivity contribution in [2.45, 2.75) is 0 Å². The molecular weight excluding hydrogens is 176 g/mol. The topological polar surface area (TPSA) is 93.3 Å². The third kappa shape index (κ3) is 1.15. The fourth-order valence-electron chi connectivity index (χ4n) is 0.984. The number of H-pyrrole nitrogens is 1. The molecule has 0 aliphatic heterocycles. The molecule has 1 N–H and O–H groups in total. The van der Waals surface area contributed by atoms with Gasteiger partial charge in [0.1, 0.15) is 0 Å². The first kappa shape index (κ1) is 7.47. The van der Waals surface area contributed by atoms with Crippen LogP contribution in [-0.2, 0) is 0 Å². The van der Waals surface area contributed by atoms with Crippen molar-refractivity contribution >= 4 is 11.5 Å². The van der Waals surface area contributed by atoms with E-state index in [2.05, 4.69) is 10.1 Å². The molecule has 0 aromatic carbocycles. The fourth-order valence-corrected chi connectivity index (χ4v) is 0.984. The summed E-state index contributed by atoms with van der Waals surface area (Å²) in [6.07, 6.45) is 1.36. The van der Waals surface area contributed by atoms with Crippen molar-refractivity contribution in [1.29, 1.82) is 0 Å². The number of nitrogens with one attached hydrogen (secondary N) is 1. The molecule has 13 heavy (non-hydrogen) atoms. The van der Waals surface area contributed by atoms with Gasteiger partial charge in [0.05, 0.1) is 17.4 Å². The maximum absolute atomic E-state index is 10.8. The van der Waals surface area contributed by atoms with Gasteiger partial charge in [-0.25, -0.2) is 0 Å². The number of nitrogens with zero attached hydrogens (tertiary/aromatic N) is 3. The highest BCUT2D eigenvalue weighted by molar-refractivity contribution is 5.43. The summed E-state index contributed by atoms with van der Waals surface area (Å²) in [5.41, 5.74) is -0.0125. The van der Waals surface area contributed by atoms with Crippen LogP contribution in [0.1, 0.15) is 0 Å². The lowest BCUT2D eigenvalue weighted by molar-refractivity contribution is -0.389. The van der Waals surface area contributed by atoms with E-state index in [-0.39, 0.29) is 11.4 Å². The Morgan fingerprint density at radius 2 is 2.38 bits per heavy atom. The van der Waals surface area contributed by atoms with E-state index in [1.54, 1.807) is 0 Å². The summed E-state index contributed by atoms with van der Waals surface area (Å²) in [6, 6.07) is 2.44. The minimum Gasteiger partial charge on any atom is -0.358 e. The van der Waals surface area contributed by atoms with Crippen LogP contribution in [0.3, 0.4) is 0 Å². The minimum atomic E-state index is -0.620. The minimum absolute atomic E-state index is 0.290. The Morgan fingerprint density at radius 1 is 1.62 bits per heavy atom. The zero-order chi connectivity index (χ0) is 9.42. The maximum atomic E-state index is 10.8. The van der Waals surface area contributed by atoms with Crippen LogP contribution in [0.5, 0.6) is 0 Å². The van der Waals surface area contributed by atoms with Gasteiger partial charge < -0.3 is 15.1 Å². The zero-order valence-electron chi connectivity index (χ0n) is 6.30. The largest absolute Gasteiger partial charge is 0.392 e. The van der Waals surface area contributed by atoms with E-state index in [0.29, 0.717) is 5.65 Å². The van der Waals surface area contributed by atoms with Crippen molar-refractivity contribution in [2.75, 3.05) is 0 Å². The van der Waals surface area contributed by atoms with Crippen LogP contribution in [0.2, 0.25) is 0 Å². The van der Waals surface area contributed by atoms with Gasteiger partial charge in [0.2, 0.25) is 0 Å². The number of hydrogen-bond donors (Lipinski definition) is 1. The van der Waals surface area contributed by atoms with E-state index < -0.39 is 4.92 Å². The van der Waals surface area contributed by atoms with Crippen LogP contribution >= 0.6 is 0 Å². The first-order valence-corrected chi connectivity index (χ1v) is 3.40. The van der Waals surface area contributed by atoms with Gasteiger partial charge in [0.15, 0.2) is 5.65 Å². The lowest BCUT2D eigenvalue weighted by atomic mass is 10.6. The van der Waals surface area contributed by atoms with Crippen LogP contribution in [0.4, 0.5) is 5.82 Å². The zero-order valence-corrected chi connectivity index (χ0v) is 6.30. The monoisotopic (exact) mass is 180 g/mol. The van der Waals surface area contributed by atoms with Gasteiger partial charge >= 0.3 is 5.82 Å². The number of nitro groups is 1. The van der Waals surface area contributed by atoms with Gasteiger partial charge in [-0.1, -0.05) is 0 Å². The van der Waals surface area contributed by atoms with Gasteiger partial charge in [-0.3, -0.25) is 4.79 Å². The molecule has 0 amide bonds. The predicted molar refractivity (Wildman–Crippen MR) is 42.5 cm³/mol. The highest BCUT2D eigenvalue weighted by Gasteiger charge is 2.12. The summed E-state index contributed by atoms with van der Waals surface area (Å²) in [4.78, 5) is 22.9. The fraction of sp³-hybridized carbons (Fsp3) is 0. The summed E-state index contributed by atoms with van der Waals surface area (Å²) < 4.78 is 1.24. The number of fused-ring (bicyclic) bond motifs is 1. The van der Waals surface area contributed by atoms with Crippen LogP contribution < -0.4 is 5.56 Å². The maximum Gasteiger partial charge on any atom is 0.392 e. The first-order chi connectivity index (χ1) is 6.16. The van der Waals surface area contributed by atoms with Crippen molar-refractivity contribution in [2.24, 2.45) is 0 Å². The smallest absolute Gasteiger partial charge is 0.358 e. The van der Waals surface area contributed by atoms with Crippen molar-refractivity contribution in [3.63, 3.8) is 0 Å². The van der Waals surface area contributed by atoms with Gasteiger partial charge in [-0.05, 0) is 4.92 Å². The van der Waals surface area contributed by atoms with E-state index in [1.165, 1.54) is 22.8 Å². The Balaban J connectivity index is 2.75. The molecule has 2 heterocycles. The van der Waals surface area contributed by atoms with Gasteiger partial charge in [0, 0.05) is 6.07 Å². The number of rotatable bonds is 1. The summed E-state index contributed by atoms with van der Waals surface area (Å²) in [5.74, 6) is -0.290. The van der Waals surface area contributed by atoms with E-state index >= 15 is 0 Å². The molecule has 2 rings (SSSR count). The van der Waals surface area contributed by atoms with Gasteiger partial charge in [-0.15, -0.1) is 4.52 Å². The Kier molecular flexibility index (Phi) is 1.38. The second kappa shape index (κ2) is 2.41. The molecule has 0 bridgehead atoms. The van der Waals surface area contributed by atoms with E-state index in [9.17, 15) is 14.9 Å². The van der Waals surface area contributed by atoms with Crippen molar-refractivity contribution in [3.05, 3.63) is 38.8 Å². The predicted octanol–water partition coefficient (Wildman–Crippen LogP) is -0.0692. The van der Waals surface area contributed by atoms with Crippen molar-refractivity contribution < 1.29 is 4.92 Å². The molecule has 0 spiro atoms. The van der Waals surface area contributed by atoms with E-state index in [0.717, 1.165) is 0 Å². The van der Waals surface area contributed by atoms with E-state index in [4.69, 9.17) is 0 Å². The Morgan fingerprint density at radius 3 is 3.08 bits per heavy atom. The summed E-state index contributed by atoms with van der Waals surface area (Å²) in [5, 5.41) is 13.9. The number of aromatic amines is 1. The lowest BCUT2D eigenvalue weighted by Crippen LogP contribution is -2.05. The average molecular weight is 180 g/mol. The third-order valence-corrected chi connectivity index (χ3v) is 1.53. The molecule has 0 atom stereocenters. The Bertz CT molecular complexity index is 526. The highest BCUT2D eigenvalue weighted by Crippen LogP contribution is 2.08. The molecule has 66 valence electrons. The van der Waals surface area contributed by atoms with Crippen LogP contribution in [0.15, 0.2) is 23.1 Å². The Labute approximate surface area is 70.8 Å². The van der Waals surface area contributed by atoms with Crippen LogP contribution in [0, 0.1) is 10.1 Å². The molecule has 2 aromatic heterocycles. The molecule has 0 saturated heterocycles. The molecule has 7 nitrogen and oxygen atoms in total.